The number of anilines is 2. The van der Waals surface area contributed by atoms with Gasteiger partial charge in [0.1, 0.15) is 5.82 Å². The smallest absolute Gasteiger partial charge is 0.252 e. The Morgan fingerprint density at radius 2 is 1.87 bits per heavy atom. The van der Waals surface area contributed by atoms with Crippen molar-refractivity contribution in [2.45, 2.75) is 39.5 Å². The number of amides is 1. The highest BCUT2D eigenvalue weighted by molar-refractivity contribution is 5.94. The molecule has 0 radical (unpaired) electrons. The SMILES string of the molecule is CCCCNC(=O)c1ccc(Nc2ccc(C(C)C)cc2)nc1. The molecule has 122 valence electrons. The first-order chi connectivity index (χ1) is 11.1. The van der Waals surface area contributed by atoms with Crippen molar-refractivity contribution >= 4 is 17.4 Å². The average molecular weight is 311 g/mol. The number of pyridine rings is 1. The van der Waals surface area contributed by atoms with Gasteiger partial charge in [0.15, 0.2) is 0 Å². The molecule has 0 aliphatic rings. The number of carbonyl (C=O) groups is 1. The van der Waals surface area contributed by atoms with Crippen molar-refractivity contribution in [2.75, 3.05) is 11.9 Å². The first-order valence-electron chi connectivity index (χ1n) is 8.21. The van der Waals surface area contributed by atoms with Crippen molar-refractivity contribution in [3.05, 3.63) is 53.7 Å². The van der Waals surface area contributed by atoms with Crippen LogP contribution in [-0.2, 0) is 0 Å². The molecule has 2 rings (SSSR count). The fraction of sp³-hybridized carbons (Fsp3) is 0.368. The zero-order valence-corrected chi connectivity index (χ0v) is 14.1. The molecule has 0 atom stereocenters. The topological polar surface area (TPSA) is 54.0 Å². The molecule has 0 unspecified atom stereocenters. The first kappa shape index (κ1) is 17.0. The largest absolute Gasteiger partial charge is 0.352 e. The lowest BCUT2D eigenvalue weighted by atomic mass is 10.0. The second-order valence-electron chi connectivity index (χ2n) is 5.94. The van der Waals surface area contributed by atoms with Crippen LogP contribution in [0.4, 0.5) is 11.5 Å². The number of carbonyl (C=O) groups excluding carboxylic acids is 1. The highest BCUT2D eigenvalue weighted by Gasteiger charge is 2.05. The molecule has 1 amide bonds. The van der Waals surface area contributed by atoms with E-state index in [4.69, 9.17) is 0 Å². The number of aromatic nitrogens is 1. The number of unbranched alkanes of at least 4 members (excludes halogenated alkanes) is 1. The Kier molecular flexibility index (Phi) is 6.15. The fourth-order valence-electron chi connectivity index (χ4n) is 2.18. The summed E-state index contributed by atoms with van der Waals surface area (Å²) in [4.78, 5) is 16.2. The van der Waals surface area contributed by atoms with Crippen LogP contribution in [0.25, 0.3) is 0 Å². The van der Waals surface area contributed by atoms with Gasteiger partial charge in [0.2, 0.25) is 0 Å². The molecule has 0 aliphatic carbocycles. The molecule has 4 nitrogen and oxygen atoms in total. The molecule has 2 aromatic rings. The predicted octanol–water partition coefficient (Wildman–Crippen LogP) is 4.48. The normalized spacial score (nSPS) is 10.6. The van der Waals surface area contributed by atoms with Gasteiger partial charge < -0.3 is 10.6 Å². The van der Waals surface area contributed by atoms with E-state index in [0.29, 0.717) is 18.0 Å². The van der Waals surface area contributed by atoms with Crippen LogP contribution >= 0.6 is 0 Å². The maximum Gasteiger partial charge on any atom is 0.252 e. The minimum atomic E-state index is -0.0706. The molecular weight excluding hydrogens is 286 g/mol. The summed E-state index contributed by atoms with van der Waals surface area (Å²) < 4.78 is 0. The van der Waals surface area contributed by atoms with Gasteiger partial charge in [0.05, 0.1) is 5.56 Å². The van der Waals surface area contributed by atoms with E-state index in [-0.39, 0.29) is 5.91 Å². The van der Waals surface area contributed by atoms with E-state index in [1.807, 2.05) is 18.2 Å². The van der Waals surface area contributed by atoms with E-state index in [2.05, 4.69) is 48.5 Å². The van der Waals surface area contributed by atoms with Crippen molar-refractivity contribution in [3.8, 4) is 0 Å². The van der Waals surface area contributed by atoms with Gasteiger partial charge in [0, 0.05) is 18.4 Å². The number of nitrogens with zero attached hydrogens (tertiary/aromatic N) is 1. The standard InChI is InChI=1S/C19H25N3O/c1-4-5-12-20-19(23)16-8-11-18(21-13-16)22-17-9-6-15(7-10-17)14(2)3/h6-11,13-14H,4-5,12H2,1-3H3,(H,20,23)(H,21,22). The molecule has 1 heterocycles. The van der Waals surface area contributed by atoms with E-state index in [0.717, 1.165) is 24.3 Å². The minimum absolute atomic E-state index is 0.0706. The fourth-order valence-corrected chi connectivity index (χ4v) is 2.18. The van der Waals surface area contributed by atoms with Gasteiger partial charge in [-0.05, 0) is 42.2 Å². The van der Waals surface area contributed by atoms with Crippen molar-refractivity contribution < 1.29 is 4.79 Å². The lowest BCUT2D eigenvalue weighted by molar-refractivity contribution is 0.0953. The average Bonchev–Trinajstić information content (AvgIpc) is 2.56. The molecule has 0 aliphatic heterocycles. The third kappa shape index (κ3) is 5.09. The summed E-state index contributed by atoms with van der Waals surface area (Å²) in [6, 6.07) is 11.9. The molecule has 0 fully saturated rings. The second-order valence-corrected chi connectivity index (χ2v) is 5.94. The zero-order valence-electron chi connectivity index (χ0n) is 14.1. The molecule has 4 heteroatoms. The number of rotatable bonds is 7. The molecular formula is C19H25N3O. The first-order valence-corrected chi connectivity index (χ1v) is 8.21. The Morgan fingerprint density at radius 3 is 2.43 bits per heavy atom. The van der Waals surface area contributed by atoms with Gasteiger partial charge in [-0.1, -0.05) is 39.3 Å². The molecule has 0 spiro atoms. The maximum absolute atomic E-state index is 11.9. The van der Waals surface area contributed by atoms with Crippen LogP contribution in [0, 0.1) is 0 Å². The van der Waals surface area contributed by atoms with Crippen LogP contribution < -0.4 is 10.6 Å². The predicted molar refractivity (Wildman–Crippen MR) is 95.3 cm³/mol. The number of benzene rings is 1. The quantitative estimate of drug-likeness (QED) is 0.741. The molecule has 2 N–H and O–H groups in total. The number of nitrogens with one attached hydrogen (secondary N) is 2. The van der Waals surface area contributed by atoms with Gasteiger partial charge in [-0.2, -0.15) is 0 Å². The highest BCUT2D eigenvalue weighted by atomic mass is 16.1. The van der Waals surface area contributed by atoms with Gasteiger partial charge in [0.25, 0.3) is 5.91 Å². The summed E-state index contributed by atoms with van der Waals surface area (Å²) in [6.07, 6.45) is 3.66. The highest BCUT2D eigenvalue weighted by Crippen LogP contribution is 2.19. The molecule has 1 aromatic heterocycles. The maximum atomic E-state index is 11.9. The summed E-state index contributed by atoms with van der Waals surface area (Å²) in [6.45, 7) is 7.15. The lowest BCUT2D eigenvalue weighted by Crippen LogP contribution is -2.24. The number of hydrogen-bond acceptors (Lipinski definition) is 3. The molecule has 23 heavy (non-hydrogen) atoms. The van der Waals surface area contributed by atoms with Crippen LogP contribution in [0.3, 0.4) is 0 Å². The molecule has 1 aromatic carbocycles. The van der Waals surface area contributed by atoms with Crippen molar-refractivity contribution in [2.24, 2.45) is 0 Å². The monoisotopic (exact) mass is 311 g/mol. The summed E-state index contributed by atoms with van der Waals surface area (Å²) >= 11 is 0. The Bertz CT molecular complexity index is 618. The molecule has 0 bridgehead atoms. The zero-order chi connectivity index (χ0) is 16.7. The van der Waals surface area contributed by atoms with Crippen molar-refractivity contribution in [1.29, 1.82) is 0 Å². The Hall–Kier alpha value is -2.36. The summed E-state index contributed by atoms with van der Waals surface area (Å²) in [7, 11) is 0. The van der Waals surface area contributed by atoms with Crippen LogP contribution in [0.2, 0.25) is 0 Å². The third-order valence-corrected chi connectivity index (χ3v) is 3.69. The van der Waals surface area contributed by atoms with Gasteiger partial charge in [-0.15, -0.1) is 0 Å². The van der Waals surface area contributed by atoms with Gasteiger partial charge in [-0.25, -0.2) is 4.98 Å². The van der Waals surface area contributed by atoms with Gasteiger partial charge in [-0.3, -0.25) is 4.79 Å². The summed E-state index contributed by atoms with van der Waals surface area (Å²) in [5.74, 6) is 1.18. The van der Waals surface area contributed by atoms with Crippen molar-refractivity contribution in [3.63, 3.8) is 0 Å². The summed E-state index contributed by atoms with van der Waals surface area (Å²) in [5, 5.41) is 6.13. The Labute approximate surface area is 138 Å². The van der Waals surface area contributed by atoms with Gasteiger partial charge >= 0.3 is 0 Å². The van der Waals surface area contributed by atoms with E-state index in [1.165, 1.54) is 5.56 Å². The molecule has 0 saturated heterocycles. The minimum Gasteiger partial charge on any atom is -0.352 e. The summed E-state index contributed by atoms with van der Waals surface area (Å²) in [5.41, 5.74) is 2.88. The van der Waals surface area contributed by atoms with E-state index >= 15 is 0 Å². The van der Waals surface area contributed by atoms with E-state index in [1.54, 1.807) is 12.3 Å². The molecule has 0 saturated carbocycles. The van der Waals surface area contributed by atoms with Crippen LogP contribution in [-0.4, -0.2) is 17.4 Å². The lowest BCUT2D eigenvalue weighted by Gasteiger charge is -2.09. The Balaban J connectivity index is 1.95. The van der Waals surface area contributed by atoms with Crippen LogP contribution in [0.5, 0.6) is 0 Å². The Morgan fingerprint density at radius 1 is 1.13 bits per heavy atom. The van der Waals surface area contributed by atoms with E-state index < -0.39 is 0 Å². The number of hydrogen-bond donors (Lipinski definition) is 2. The van der Waals surface area contributed by atoms with Crippen LogP contribution in [0.1, 0.15) is 55.5 Å². The second kappa shape index (κ2) is 8.32. The van der Waals surface area contributed by atoms with E-state index in [9.17, 15) is 4.79 Å². The van der Waals surface area contributed by atoms with Crippen molar-refractivity contribution in [1.82, 2.24) is 10.3 Å². The third-order valence-electron chi connectivity index (χ3n) is 3.69. The van der Waals surface area contributed by atoms with Crippen LogP contribution in [0.15, 0.2) is 42.6 Å².